The normalized spacial score (nSPS) is 2.25. The van der Waals surface area contributed by atoms with Crippen LogP contribution in [0.2, 0.25) is 0 Å². The minimum Gasteiger partial charge on any atom is -0.358 e. The predicted octanol–water partition coefficient (Wildman–Crippen LogP) is 2.08. The van der Waals surface area contributed by atoms with Crippen molar-refractivity contribution in [2.45, 2.75) is 27.7 Å². The summed E-state index contributed by atoms with van der Waals surface area (Å²) in [5.74, 6) is 0. The Morgan fingerprint density at radius 2 is 0.750 bits per heavy atom. The summed E-state index contributed by atoms with van der Waals surface area (Å²) in [6.45, 7) is 8.00. The van der Waals surface area contributed by atoms with E-state index in [0.717, 1.165) is 0 Å². The SMILES string of the molecule is CC.CC.CN.[CH3-].[Y]. The second kappa shape index (κ2) is 355. The van der Waals surface area contributed by atoms with Gasteiger partial charge < -0.3 is 13.2 Å². The van der Waals surface area contributed by atoms with Crippen molar-refractivity contribution in [2.75, 3.05) is 7.05 Å². The van der Waals surface area contributed by atoms with E-state index in [1.807, 2.05) is 27.7 Å². The van der Waals surface area contributed by atoms with Gasteiger partial charge in [-0.1, -0.05) is 27.7 Å². The van der Waals surface area contributed by atoms with Crippen LogP contribution in [0.25, 0.3) is 0 Å². The van der Waals surface area contributed by atoms with E-state index in [4.69, 9.17) is 0 Å². The van der Waals surface area contributed by atoms with E-state index in [9.17, 15) is 0 Å². The van der Waals surface area contributed by atoms with Gasteiger partial charge in [0.25, 0.3) is 0 Å². The molecule has 0 rings (SSSR count). The van der Waals surface area contributed by atoms with E-state index >= 15 is 0 Å². The van der Waals surface area contributed by atoms with Crippen molar-refractivity contribution < 1.29 is 32.7 Å². The molecule has 0 aromatic carbocycles. The first-order valence-corrected chi connectivity index (χ1v) is 2.58. The molecule has 0 unspecified atom stereocenters. The molecule has 0 amide bonds. The van der Waals surface area contributed by atoms with Crippen molar-refractivity contribution in [3.8, 4) is 0 Å². The Bertz CT molecular complexity index is 8.49. The van der Waals surface area contributed by atoms with E-state index in [2.05, 4.69) is 5.73 Å². The molecule has 2 N–H and O–H groups in total. The standard InChI is InChI=1S/2C2H6.CH5N.CH3.Y/c3*1-2;;/h2*1-2H3;2H2,1H3;1H3;/q;;;-1;. The maximum Gasteiger partial charge on any atom is 0 e. The molecule has 8 heavy (non-hydrogen) atoms. The Kier molecular flexibility index (Phi) is 1590. The van der Waals surface area contributed by atoms with Gasteiger partial charge in [-0.05, 0) is 7.05 Å². The fourth-order valence-corrected chi connectivity index (χ4v) is 0. The van der Waals surface area contributed by atoms with Gasteiger partial charge in [0.2, 0.25) is 0 Å². The zero-order chi connectivity index (χ0) is 6.00. The van der Waals surface area contributed by atoms with Crippen LogP contribution < -0.4 is 5.73 Å². The molecular weight excluding hydrogens is 175 g/mol. The first kappa shape index (κ1) is 35.7. The average Bonchev–Trinajstić information content (AvgIpc) is 1.81. The van der Waals surface area contributed by atoms with Crippen molar-refractivity contribution in [2.24, 2.45) is 5.73 Å². The van der Waals surface area contributed by atoms with Crippen LogP contribution in [0, 0.1) is 7.43 Å². The maximum atomic E-state index is 4.50. The topological polar surface area (TPSA) is 26.0 Å². The molecule has 1 nitrogen and oxygen atoms in total. The first-order valence-electron chi connectivity index (χ1n) is 2.58. The zero-order valence-corrected chi connectivity index (χ0v) is 9.99. The second-order valence-electron chi connectivity index (χ2n) is 0. The van der Waals surface area contributed by atoms with Crippen LogP contribution in [0.4, 0.5) is 0 Å². The second-order valence-corrected chi connectivity index (χ2v) is 0. The molecule has 0 aromatic heterocycles. The molecule has 0 fully saturated rings. The monoisotopic (exact) mass is 195 g/mol. The number of hydrogen-bond acceptors (Lipinski definition) is 1. The van der Waals surface area contributed by atoms with E-state index in [-0.39, 0.29) is 40.1 Å². The van der Waals surface area contributed by atoms with Crippen molar-refractivity contribution in [1.29, 1.82) is 0 Å². The predicted molar refractivity (Wildman–Crippen MR) is 39.2 cm³/mol. The van der Waals surface area contributed by atoms with Crippen molar-refractivity contribution in [3.63, 3.8) is 0 Å². The molecule has 0 aliphatic heterocycles. The van der Waals surface area contributed by atoms with Gasteiger partial charge in [0, 0.05) is 32.7 Å². The van der Waals surface area contributed by atoms with Crippen molar-refractivity contribution in [3.05, 3.63) is 7.43 Å². The smallest absolute Gasteiger partial charge is 0 e. The Morgan fingerprint density at radius 3 is 0.750 bits per heavy atom. The number of hydrogen-bond donors (Lipinski definition) is 1. The summed E-state index contributed by atoms with van der Waals surface area (Å²) >= 11 is 0. The largest absolute Gasteiger partial charge is 0.358 e. The summed E-state index contributed by atoms with van der Waals surface area (Å²) in [5.41, 5.74) is 4.50. The molecular formula is C6H20NY-. The molecule has 0 atom stereocenters. The van der Waals surface area contributed by atoms with Gasteiger partial charge in [-0.25, -0.2) is 0 Å². The third-order valence-corrected chi connectivity index (χ3v) is 0. The Labute approximate surface area is 80.3 Å². The van der Waals surface area contributed by atoms with E-state index in [1.54, 1.807) is 0 Å². The van der Waals surface area contributed by atoms with Crippen molar-refractivity contribution >= 4 is 0 Å². The third kappa shape index (κ3) is 229. The maximum absolute atomic E-state index is 4.50. The molecule has 0 aliphatic rings. The molecule has 0 aliphatic carbocycles. The van der Waals surface area contributed by atoms with Gasteiger partial charge in [0.1, 0.15) is 0 Å². The molecule has 53 valence electrons. The molecule has 0 bridgehead atoms. The van der Waals surface area contributed by atoms with E-state index in [0.29, 0.717) is 0 Å². The Hall–Kier alpha value is 1.06. The van der Waals surface area contributed by atoms with Gasteiger partial charge in [0.05, 0.1) is 0 Å². The summed E-state index contributed by atoms with van der Waals surface area (Å²) in [7, 11) is 1.50. The summed E-state index contributed by atoms with van der Waals surface area (Å²) < 4.78 is 0. The number of nitrogens with two attached hydrogens (primary N) is 1. The molecule has 1 radical (unpaired) electrons. The summed E-state index contributed by atoms with van der Waals surface area (Å²) in [6.07, 6.45) is 0. The van der Waals surface area contributed by atoms with Gasteiger partial charge >= 0.3 is 0 Å². The summed E-state index contributed by atoms with van der Waals surface area (Å²) in [5, 5.41) is 0. The van der Waals surface area contributed by atoms with E-state index < -0.39 is 0 Å². The fraction of sp³-hybridized carbons (Fsp3) is 0.833. The fourth-order valence-electron chi connectivity index (χ4n) is 0. The minimum atomic E-state index is 0. The Morgan fingerprint density at radius 1 is 0.750 bits per heavy atom. The molecule has 2 heteroatoms. The van der Waals surface area contributed by atoms with Gasteiger partial charge in [-0.15, -0.1) is 0 Å². The minimum absolute atomic E-state index is 0. The summed E-state index contributed by atoms with van der Waals surface area (Å²) in [4.78, 5) is 0. The molecule has 0 saturated carbocycles. The van der Waals surface area contributed by atoms with Crippen molar-refractivity contribution in [1.82, 2.24) is 0 Å². The van der Waals surface area contributed by atoms with Crippen LogP contribution >= 0.6 is 0 Å². The number of rotatable bonds is 0. The first-order chi connectivity index (χ1) is 3.00. The van der Waals surface area contributed by atoms with Crippen LogP contribution in [0.1, 0.15) is 27.7 Å². The molecule has 0 aromatic rings. The van der Waals surface area contributed by atoms with E-state index in [1.165, 1.54) is 7.05 Å². The van der Waals surface area contributed by atoms with Gasteiger partial charge in [-0.2, -0.15) is 0 Å². The molecule has 0 spiro atoms. The zero-order valence-electron chi connectivity index (χ0n) is 7.15. The van der Waals surface area contributed by atoms with Crippen LogP contribution in [0.5, 0.6) is 0 Å². The van der Waals surface area contributed by atoms with Crippen LogP contribution in [0.3, 0.4) is 0 Å². The average molecular weight is 195 g/mol. The summed E-state index contributed by atoms with van der Waals surface area (Å²) in [6, 6.07) is 0. The molecule has 0 heterocycles. The quantitative estimate of drug-likeness (QED) is 0.588. The third-order valence-electron chi connectivity index (χ3n) is 0. The van der Waals surface area contributed by atoms with Crippen LogP contribution in [-0.4, -0.2) is 7.05 Å². The van der Waals surface area contributed by atoms with Crippen LogP contribution in [0.15, 0.2) is 0 Å². The Balaban J connectivity index is -0.00000000500. The van der Waals surface area contributed by atoms with Crippen LogP contribution in [-0.2, 0) is 32.7 Å². The van der Waals surface area contributed by atoms with Gasteiger partial charge in [0.15, 0.2) is 0 Å². The molecule has 0 saturated heterocycles. The van der Waals surface area contributed by atoms with Gasteiger partial charge in [-0.3, -0.25) is 0 Å².